The number of nitrogens with zero attached hydrogens (tertiary/aromatic N) is 3. The molecule has 0 spiro atoms. The maximum atomic E-state index is 11.2. The summed E-state index contributed by atoms with van der Waals surface area (Å²) in [6, 6.07) is 5.37. The van der Waals surface area contributed by atoms with Gasteiger partial charge in [-0.25, -0.2) is 4.98 Å². The van der Waals surface area contributed by atoms with Crippen molar-refractivity contribution in [2.24, 2.45) is 5.73 Å². The largest absolute Gasteiger partial charge is 0.395 e. The normalized spacial score (nSPS) is 15.6. The van der Waals surface area contributed by atoms with E-state index in [0.717, 1.165) is 36.5 Å². The highest BCUT2D eigenvalue weighted by Gasteiger charge is 2.19. The smallest absolute Gasteiger partial charge is 0.248 e. The van der Waals surface area contributed by atoms with Crippen molar-refractivity contribution in [1.29, 1.82) is 0 Å². The van der Waals surface area contributed by atoms with Gasteiger partial charge in [-0.15, -0.1) is 0 Å². The number of hydrogen-bond acceptors (Lipinski definition) is 4. The Labute approximate surface area is 110 Å². The van der Waals surface area contributed by atoms with Gasteiger partial charge in [-0.2, -0.15) is 0 Å². The fourth-order valence-corrected chi connectivity index (χ4v) is 2.56. The van der Waals surface area contributed by atoms with E-state index in [-0.39, 0.29) is 6.61 Å². The quantitative estimate of drug-likeness (QED) is 0.810. The fraction of sp³-hybridized carbons (Fsp3) is 0.385. The van der Waals surface area contributed by atoms with Gasteiger partial charge in [0.05, 0.1) is 24.2 Å². The molecule has 1 amide bonds. The topological polar surface area (TPSA) is 84.4 Å². The molecule has 3 rings (SSSR count). The molecule has 2 heterocycles. The standard InChI is InChI=1S/C13H16N4O2/c14-13(19)9-1-2-11-10(7-9)15-12-8-16(5-6-18)3-4-17(11)12/h1-2,7,18H,3-6,8H2,(H2,14,19). The third kappa shape index (κ3) is 2.09. The van der Waals surface area contributed by atoms with Crippen molar-refractivity contribution in [2.75, 3.05) is 19.7 Å². The molecule has 0 bridgehead atoms. The summed E-state index contributed by atoms with van der Waals surface area (Å²) in [7, 11) is 0. The third-order valence-electron chi connectivity index (χ3n) is 3.53. The van der Waals surface area contributed by atoms with Crippen molar-refractivity contribution < 1.29 is 9.90 Å². The number of aromatic nitrogens is 2. The number of fused-ring (bicyclic) bond motifs is 3. The van der Waals surface area contributed by atoms with E-state index in [1.54, 1.807) is 12.1 Å². The van der Waals surface area contributed by atoms with E-state index >= 15 is 0 Å². The number of primary amides is 1. The number of aliphatic hydroxyl groups excluding tert-OH is 1. The minimum absolute atomic E-state index is 0.159. The van der Waals surface area contributed by atoms with Crippen molar-refractivity contribution in [2.45, 2.75) is 13.1 Å². The van der Waals surface area contributed by atoms with E-state index in [0.29, 0.717) is 12.1 Å². The first-order valence-corrected chi connectivity index (χ1v) is 6.31. The number of β-amino-alcohol motifs (C(OH)–C–C–N with tert-alkyl or cyclic N) is 1. The predicted molar refractivity (Wildman–Crippen MR) is 70.6 cm³/mol. The molecule has 1 aliphatic heterocycles. The zero-order valence-electron chi connectivity index (χ0n) is 10.5. The van der Waals surface area contributed by atoms with Gasteiger partial charge in [0.25, 0.3) is 0 Å². The Hall–Kier alpha value is -1.92. The second-order valence-electron chi connectivity index (χ2n) is 4.75. The van der Waals surface area contributed by atoms with Gasteiger partial charge in [0, 0.05) is 25.2 Å². The Bertz CT molecular complexity index is 635. The van der Waals surface area contributed by atoms with Crippen LogP contribution < -0.4 is 5.73 Å². The molecule has 100 valence electrons. The summed E-state index contributed by atoms with van der Waals surface area (Å²) in [5.41, 5.74) is 7.59. The van der Waals surface area contributed by atoms with Crippen molar-refractivity contribution in [3.8, 4) is 0 Å². The first-order chi connectivity index (χ1) is 9.19. The van der Waals surface area contributed by atoms with E-state index in [1.165, 1.54) is 0 Å². The van der Waals surface area contributed by atoms with Crippen LogP contribution >= 0.6 is 0 Å². The highest BCUT2D eigenvalue weighted by atomic mass is 16.3. The number of carbonyl (C=O) groups is 1. The maximum absolute atomic E-state index is 11.2. The number of benzene rings is 1. The number of amides is 1. The molecule has 3 N–H and O–H groups in total. The molecule has 1 aromatic heterocycles. The molecule has 0 aliphatic carbocycles. The van der Waals surface area contributed by atoms with Gasteiger partial charge in [-0.3, -0.25) is 9.69 Å². The molecular weight excluding hydrogens is 244 g/mol. The SMILES string of the molecule is NC(=O)c1ccc2c(c1)nc1n2CCN(CCO)C1. The number of hydrogen-bond donors (Lipinski definition) is 2. The van der Waals surface area contributed by atoms with Crippen molar-refractivity contribution in [3.05, 3.63) is 29.6 Å². The van der Waals surface area contributed by atoms with Crippen LogP contribution in [0.1, 0.15) is 16.2 Å². The number of carbonyl (C=O) groups excluding carboxylic acids is 1. The van der Waals surface area contributed by atoms with Gasteiger partial charge < -0.3 is 15.4 Å². The van der Waals surface area contributed by atoms with Crippen LogP contribution in [0.4, 0.5) is 0 Å². The highest BCUT2D eigenvalue weighted by molar-refractivity contribution is 5.96. The Kier molecular flexibility index (Phi) is 2.96. The summed E-state index contributed by atoms with van der Waals surface area (Å²) < 4.78 is 2.16. The second-order valence-corrected chi connectivity index (χ2v) is 4.75. The molecule has 0 saturated heterocycles. The van der Waals surface area contributed by atoms with E-state index in [4.69, 9.17) is 10.8 Å². The summed E-state index contributed by atoms with van der Waals surface area (Å²) in [6.07, 6.45) is 0. The first-order valence-electron chi connectivity index (χ1n) is 6.31. The zero-order valence-corrected chi connectivity index (χ0v) is 10.5. The molecule has 0 atom stereocenters. The van der Waals surface area contributed by atoms with Crippen LogP contribution in [0.5, 0.6) is 0 Å². The average molecular weight is 260 g/mol. The average Bonchev–Trinajstić information content (AvgIpc) is 2.75. The minimum Gasteiger partial charge on any atom is -0.395 e. The van der Waals surface area contributed by atoms with E-state index in [1.807, 2.05) is 6.07 Å². The van der Waals surface area contributed by atoms with Crippen LogP contribution in [-0.2, 0) is 13.1 Å². The number of nitrogens with two attached hydrogens (primary N) is 1. The third-order valence-corrected chi connectivity index (χ3v) is 3.53. The Morgan fingerprint density at radius 2 is 2.26 bits per heavy atom. The number of rotatable bonds is 3. The minimum atomic E-state index is -0.435. The summed E-state index contributed by atoms with van der Waals surface area (Å²) >= 11 is 0. The van der Waals surface area contributed by atoms with Crippen LogP contribution in [0, 0.1) is 0 Å². The van der Waals surface area contributed by atoms with Crippen molar-refractivity contribution in [3.63, 3.8) is 0 Å². The Balaban J connectivity index is 2.00. The summed E-state index contributed by atoms with van der Waals surface area (Å²) in [5.74, 6) is 0.533. The van der Waals surface area contributed by atoms with Crippen molar-refractivity contribution in [1.82, 2.24) is 14.5 Å². The summed E-state index contributed by atoms with van der Waals surface area (Å²) in [6.45, 7) is 3.29. The van der Waals surface area contributed by atoms with Crippen molar-refractivity contribution >= 4 is 16.9 Å². The number of imidazole rings is 1. The molecule has 0 unspecified atom stereocenters. The molecular formula is C13H16N4O2. The van der Waals surface area contributed by atoms with Gasteiger partial charge in [-0.05, 0) is 18.2 Å². The van der Waals surface area contributed by atoms with E-state index in [9.17, 15) is 4.79 Å². The molecule has 0 radical (unpaired) electrons. The van der Waals surface area contributed by atoms with Gasteiger partial charge in [-0.1, -0.05) is 0 Å². The van der Waals surface area contributed by atoms with Crippen LogP contribution in [0.2, 0.25) is 0 Å². The van der Waals surface area contributed by atoms with Crippen LogP contribution in [0.15, 0.2) is 18.2 Å². The lowest BCUT2D eigenvalue weighted by Crippen LogP contribution is -2.35. The molecule has 6 nitrogen and oxygen atoms in total. The second kappa shape index (κ2) is 4.64. The molecule has 1 aromatic carbocycles. The molecule has 19 heavy (non-hydrogen) atoms. The summed E-state index contributed by atoms with van der Waals surface area (Å²) in [5, 5.41) is 8.98. The van der Waals surface area contributed by atoms with Crippen LogP contribution in [-0.4, -0.2) is 45.2 Å². The maximum Gasteiger partial charge on any atom is 0.248 e. The molecule has 0 saturated carbocycles. The number of aliphatic hydroxyl groups is 1. The van der Waals surface area contributed by atoms with Crippen LogP contribution in [0.25, 0.3) is 11.0 Å². The van der Waals surface area contributed by atoms with Gasteiger partial charge in [0.15, 0.2) is 0 Å². The first kappa shape index (κ1) is 12.1. The highest BCUT2D eigenvalue weighted by Crippen LogP contribution is 2.21. The molecule has 1 aliphatic rings. The Morgan fingerprint density at radius 3 is 3.00 bits per heavy atom. The van der Waals surface area contributed by atoms with Gasteiger partial charge in [0.2, 0.25) is 5.91 Å². The molecule has 2 aromatic rings. The Morgan fingerprint density at radius 1 is 1.42 bits per heavy atom. The van der Waals surface area contributed by atoms with Gasteiger partial charge in [0.1, 0.15) is 5.82 Å². The summed E-state index contributed by atoms with van der Waals surface area (Å²) in [4.78, 5) is 17.9. The lowest BCUT2D eigenvalue weighted by molar-refractivity contribution is 0.100. The van der Waals surface area contributed by atoms with Crippen LogP contribution in [0.3, 0.4) is 0 Å². The van der Waals surface area contributed by atoms with E-state index < -0.39 is 5.91 Å². The van der Waals surface area contributed by atoms with Gasteiger partial charge >= 0.3 is 0 Å². The predicted octanol–water partition coefficient (Wildman–Crippen LogP) is -0.0569. The fourth-order valence-electron chi connectivity index (χ4n) is 2.56. The lowest BCUT2D eigenvalue weighted by Gasteiger charge is -2.26. The molecule has 0 fully saturated rings. The molecule has 6 heteroatoms. The van der Waals surface area contributed by atoms with E-state index in [2.05, 4.69) is 14.5 Å². The lowest BCUT2D eigenvalue weighted by atomic mass is 10.2. The zero-order chi connectivity index (χ0) is 13.4. The monoisotopic (exact) mass is 260 g/mol.